The molecule has 0 bridgehead atoms. The minimum absolute atomic E-state index is 0.0423. The molecular formula is C20H29N3O5S. The molecule has 3 rings (SSSR count). The highest BCUT2D eigenvalue weighted by Gasteiger charge is 2.44. The standard InChI is InChI=1S/C20H29N3O5S/c1-14(2)20(25)22-11-9-15-16(10-12-22)28-17-7-5-6-8-18(17)29(26,27)23(15)13-19(24)21(3)4/h5-8,14-16H,9-13H2,1-4H3/t15-,16-/m0/s1. The van der Waals surface area contributed by atoms with Crippen molar-refractivity contribution in [2.24, 2.45) is 5.92 Å². The number of para-hydroxylation sites is 1. The topological polar surface area (TPSA) is 87.2 Å². The van der Waals surface area contributed by atoms with E-state index in [2.05, 4.69) is 0 Å². The minimum atomic E-state index is -3.93. The lowest BCUT2D eigenvalue weighted by atomic mass is 10.1. The van der Waals surface area contributed by atoms with Crippen LogP contribution < -0.4 is 4.74 Å². The Balaban J connectivity index is 2.01. The first-order valence-corrected chi connectivity index (χ1v) is 11.3. The van der Waals surface area contributed by atoms with Crippen LogP contribution >= 0.6 is 0 Å². The summed E-state index contributed by atoms with van der Waals surface area (Å²) in [5.41, 5.74) is 0. The molecule has 0 unspecified atom stereocenters. The Bertz CT molecular complexity index is 884. The molecule has 2 heterocycles. The van der Waals surface area contributed by atoms with Crippen molar-refractivity contribution in [1.82, 2.24) is 14.1 Å². The van der Waals surface area contributed by atoms with Crippen LogP contribution in [0.1, 0.15) is 26.7 Å². The average molecular weight is 424 g/mol. The molecule has 8 nitrogen and oxygen atoms in total. The van der Waals surface area contributed by atoms with Crippen LogP contribution in [-0.4, -0.2) is 80.2 Å². The summed E-state index contributed by atoms with van der Waals surface area (Å²) in [6.07, 6.45) is 0.477. The van der Waals surface area contributed by atoms with Gasteiger partial charge in [0.05, 0.1) is 12.6 Å². The molecule has 2 aliphatic heterocycles. The summed E-state index contributed by atoms with van der Waals surface area (Å²) in [5, 5.41) is 0. The first kappa shape index (κ1) is 21.6. The number of amides is 2. The van der Waals surface area contributed by atoms with Crippen molar-refractivity contribution < 1.29 is 22.7 Å². The highest BCUT2D eigenvalue weighted by atomic mass is 32.2. The number of ether oxygens (including phenoxy) is 1. The van der Waals surface area contributed by atoms with E-state index >= 15 is 0 Å². The van der Waals surface area contributed by atoms with Gasteiger partial charge in [0.15, 0.2) is 0 Å². The zero-order valence-corrected chi connectivity index (χ0v) is 18.2. The van der Waals surface area contributed by atoms with Gasteiger partial charge in [0.2, 0.25) is 21.8 Å². The number of nitrogens with zero attached hydrogens (tertiary/aromatic N) is 3. The van der Waals surface area contributed by atoms with Crippen LogP contribution in [-0.2, 0) is 19.6 Å². The normalized spacial score (nSPS) is 24.0. The summed E-state index contributed by atoms with van der Waals surface area (Å²) >= 11 is 0. The molecule has 2 amide bonds. The SMILES string of the molecule is CC(C)C(=O)N1CC[C@@H]2Oc3ccccc3S(=O)(=O)N(CC(=O)N(C)C)[C@H]2CC1. The lowest BCUT2D eigenvalue weighted by Gasteiger charge is -2.31. The Morgan fingerprint density at radius 2 is 1.83 bits per heavy atom. The summed E-state index contributed by atoms with van der Waals surface area (Å²) in [4.78, 5) is 28.2. The highest BCUT2D eigenvalue weighted by molar-refractivity contribution is 7.89. The van der Waals surface area contributed by atoms with Gasteiger partial charge in [-0.15, -0.1) is 0 Å². The molecule has 1 aromatic rings. The van der Waals surface area contributed by atoms with Gasteiger partial charge in [-0.2, -0.15) is 4.31 Å². The molecule has 1 fully saturated rings. The average Bonchev–Trinajstić information content (AvgIpc) is 2.91. The molecule has 160 valence electrons. The van der Waals surface area contributed by atoms with E-state index in [1.807, 2.05) is 13.8 Å². The molecule has 1 aromatic carbocycles. The number of benzene rings is 1. The van der Waals surface area contributed by atoms with E-state index in [1.54, 1.807) is 37.2 Å². The summed E-state index contributed by atoms with van der Waals surface area (Å²) in [6, 6.07) is 6.01. The largest absolute Gasteiger partial charge is 0.487 e. The van der Waals surface area contributed by atoms with E-state index in [0.717, 1.165) is 0 Å². The predicted octanol–water partition coefficient (Wildman–Crippen LogP) is 1.17. The third-order valence-electron chi connectivity index (χ3n) is 5.49. The van der Waals surface area contributed by atoms with Crippen LogP contribution in [0.2, 0.25) is 0 Å². The molecule has 9 heteroatoms. The number of carbonyl (C=O) groups excluding carboxylic acids is 2. The molecule has 0 radical (unpaired) electrons. The number of likely N-dealkylation sites (tertiary alicyclic amines) is 1. The van der Waals surface area contributed by atoms with Crippen molar-refractivity contribution in [1.29, 1.82) is 0 Å². The molecule has 0 aromatic heterocycles. The van der Waals surface area contributed by atoms with Crippen LogP contribution in [0.25, 0.3) is 0 Å². The summed E-state index contributed by atoms with van der Waals surface area (Å²) in [5.74, 6) is -0.0904. The van der Waals surface area contributed by atoms with Gasteiger partial charge < -0.3 is 14.5 Å². The van der Waals surface area contributed by atoms with E-state index in [0.29, 0.717) is 31.7 Å². The first-order chi connectivity index (χ1) is 13.6. The van der Waals surface area contributed by atoms with Gasteiger partial charge in [-0.05, 0) is 18.6 Å². The Labute approximate surface area is 172 Å². The second-order valence-electron chi connectivity index (χ2n) is 8.07. The molecule has 0 N–H and O–H groups in total. The zero-order valence-electron chi connectivity index (χ0n) is 17.4. The fourth-order valence-electron chi connectivity index (χ4n) is 3.82. The molecule has 0 aliphatic carbocycles. The van der Waals surface area contributed by atoms with Crippen LogP contribution in [0.3, 0.4) is 0 Å². The van der Waals surface area contributed by atoms with E-state index in [1.165, 1.54) is 15.3 Å². The zero-order chi connectivity index (χ0) is 21.3. The summed E-state index contributed by atoms with van der Waals surface area (Å²) in [6.45, 7) is 4.37. The van der Waals surface area contributed by atoms with Gasteiger partial charge in [0.25, 0.3) is 0 Å². The van der Waals surface area contributed by atoms with Crippen molar-refractivity contribution in [3.05, 3.63) is 24.3 Å². The number of sulfonamides is 1. The monoisotopic (exact) mass is 423 g/mol. The predicted molar refractivity (Wildman–Crippen MR) is 108 cm³/mol. The Kier molecular flexibility index (Phi) is 6.19. The first-order valence-electron chi connectivity index (χ1n) is 9.89. The minimum Gasteiger partial charge on any atom is -0.487 e. The molecule has 2 atom stereocenters. The van der Waals surface area contributed by atoms with Crippen LogP contribution in [0.15, 0.2) is 29.2 Å². The third-order valence-corrected chi connectivity index (χ3v) is 7.40. The molecule has 0 spiro atoms. The van der Waals surface area contributed by atoms with Crippen molar-refractivity contribution in [3.8, 4) is 5.75 Å². The van der Waals surface area contributed by atoms with Crippen molar-refractivity contribution in [2.75, 3.05) is 33.7 Å². The van der Waals surface area contributed by atoms with Crippen molar-refractivity contribution >= 4 is 21.8 Å². The summed E-state index contributed by atoms with van der Waals surface area (Å²) < 4.78 is 34.4. The molecule has 1 saturated heterocycles. The number of fused-ring (bicyclic) bond motifs is 2. The van der Waals surface area contributed by atoms with Crippen LogP contribution in [0, 0.1) is 5.92 Å². The fourth-order valence-corrected chi connectivity index (χ4v) is 5.57. The molecule has 2 aliphatic rings. The van der Waals surface area contributed by atoms with Crippen LogP contribution in [0.4, 0.5) is 0 Å². The molecule has 29 heavy (non-hydrogen) atoms. The highest BCUT2D eigenvalue weighted by Crippen LogP contribution is 2.36. The van der Waals surface area contributed by atoms with Gasteiger partial charge in [-0.1, -0.05) is 26.0 Å². The smallest absolute Gasteiger partial charge is 0.247 e. The maximum atomic E-state index is 13.5. The number of rotatable bonds is 3. The van der Waals surface area contributed by atoms with Crippen LogP contribution in [0.5, 0.6) is 5.75 Å². The Morgan fingerprint density at radius 3 is 2.48 bits per heavy atom. The number of likely N-dealkylation sites (N-methyl/N-ethyl adjacent to an activating group) is 1. The quantitative estimate of drug-likeness (QED) is 0.728. The second kappa shape index (κ2) is 8.31. The van der Waals surface area contributed by atoms with Gasteiger partial charge in [-0.3, -0.25) is 9.59 Å². The van der Waals surface area contributed by atoms with E-state index in [-0.39, 0.29) is 29.2 Å². The lowest BCUT2D eigenvalue weighted by Crippen LogP contribution is -2.50. The fraction of sp³-hybridized carbons (Fsp3) is 0.600. The maximum Gasteiger partial charge on any atom is 0.247 e. The second-order valence-corrected chi connectivity index (χ2v) is 9.93. The summed E-state index contributed by atoms with van der Waals surface area (Å²) in [7, 11) is -0.727. The van der Waals surface area contributed by atoms with E-state index in [4.69, 9.17) is 4.74 Å². The third kappa shape index (κ3) is 4.25. The number of hydrogen-bond acceptors (Lipinski definition) is 5. The maximum absolute atomic E-state index is 13.5. The van der Waals surface area contributed by atoms with Gasteiger partial charge in [-0.25, -0.2) is 8.42 Å². The Morgan fingerprint density at radius 1 is 1.17 bits per heavy atom. The van der Waals surface area contributed by atoms with Gasteiger partial charge in [0, 0.05) is 39.5 Å². The van der Waals surface area contributed by atoms with Gasteiger partial charge >= 0.3 is 0 Å². The Hall–Kier alpha value is -2.13. The van der Waals surface area contributed by atoms with Crippen molar-refractivity contribution in [2.45, 2.75) is 43.7 Å². The molecular weight excluding hydrogens is 394 g/mol. The number of carbonyl (C=O) groups is 2. The van der Waals surface area contributed by atoms with E-state index < -0.39 is 22.2 Å². The van der Waals surface area contributed by atoms with Gasteiger partial charge in [0.1, 0.15) is 16.7 Å². The lowest BCUT2D eigenvalue weighted by molar-refractivity contribution is -0.134. The number of hydrogen-bond donors (Lipinski definition) is 0. The van der Waals surface area contributed by atoms with E-state index in [9.17, 15) is 18.0 Å². The van der Waals surface area contributed by atoms with Crippen molar-refractivity contribution in [3.63, 3.8) is 0 Å². The molecule has 0 saturated carbocycles.